The monoisotopic (exact) mass is 475 g/mol. The van der Waals surface area contributed by atoms with Gasteiger partial charge in [0, 0.05) is 31.7 Å². The standard InChI is InChI=1S/C22H21NO9S/c1-12-5-7-15(8-6-12)33(28,29)23-10-16(19(32-14(3)25)11-31-13(2)24)20-17(26)9-18(30-4)22(27)21(20)23/h5-10,19H,11H2,1-4H3. The number of rotatable bonds is 7. The Morgan fingerprint density at radius 2 is 1.70 bits per heavy atom. The number of aryl methyl sites for hydroxylation is 1. The molecule has 3 rings (SSSR count). The lowest BCUT2D eigenvalue weighted by Gasteiger charge is -2.18. The van der Waals surface area contributed by atoms with E-state index in [9.17, 15) is 27.6 Å². The van der Waals surface area contributed by atoms with Crippen molar-refractivity contribution < 1.29 is 41.8 Å². The third-order valence-electron chi connectivity index (χ3n) is 4.84. The molecule has 0 radical (unpaired) electrons. The van der Waals surface area contributed by atoms with Crippen LogP contribution in [0.1, 0.15) is 51.9 Å². The van der Waals surface area contributed by atoms with E-state index in [-0.39, 0.29) is 21.8 Å². The quantitative estimate of drug-likeness (QED) is 0.552. The van der Waals surface area contributed by atoms with Crippen LogP contribution in [0.25, 0.3) is 0 Å². The van der Waals surface area contributed by atoms with Crippen molar-refractivity contribution in [1.82, 2.24) is 3.97 Å². The highest BCUT2D eigenvalue weighted by Gasteiger charge is 2.39. The van der Waals surface area contributed by atoms with Gasteiger partial charge in [-0.1, -0.05) is 17.7 Å². The van der Waals surface area contributed by atoms with E-state index in [1.165, 1.54) is 19.2 Å². The summed E-state index contributed by atoms with van der Waals surface area (Å²) >= 11 is 0. The predicted molar refractivity (Wildman–Crippen MR) is 113 cm³/mol. The molecule has 1 unspecified atom stereocenters. The van der Waals surface area contributed by atoms with Crippen molar-refractivity contribution in [3.8, 4) is 0 Å². The van der Waals surface area contributed by atoms with Crippen LogP contribution in [0.4, 0.5) is 0 Å². The SMILES string of the molecule is COC1=CC(=O)c2c(C(COC(C)=O)OC(C)=O)cn(S(=O)(=O)c3ccc(C)cc3)c2C1=O. The Balaban J connectivity index is 2.28. The highest BCUT2D eigenvalue weighted by Crippen LogP contribution is 2.34. The summed E-state index contributed by atoms with van der Waals surface area (Å²) in [4.78, 5) is 48.8. The van der Waals surface area contributed by atoms with Gasteiger partial charge in [-0.05, 0) is 19.1 Å². The number of carbonyl (C=O) groups is 4. The fourth-order valence-corrected chi connectivity index (χ4v) is 4.71. The Bertz CT molecular complexity index is 1280. The molecule has 0 saturated carbocycles. The first-order valence-electron chi connectivity index (χ1n) is 9.70. The van der Waals surface area contributed by atoms with Gasteiger partial charge in [-0.2, -0.15) is 0 Å². The molecule has 11 heteroatoms. The van der Waals surface area contributed by atoms with Gasteiger partial charge in [0.25, 0.3) is 10.0 Å². The molecule has 174 valence electrons. The predicted octanol–water partition coefficient (Wildman–Crippen LogP) is 2.11. The summed E-state index contributed by atoms with van der Waals surface area (Å²) in [5.41, 5.74) is -0.0250. The number of Topliss-reactive ketones (excluding diaryl/α,β-unsaturated/α-hetero) is 1. The fourth-order valence-electron chi connectivity index (χ4n) is 3.34. The molecule has 1 aliphatic carbocycles. The number of esters is 2. The molecule has 0 saturated heterocycles. The summed E-state index contributed by atoms with van der Waals surface area (Å²) in [5.74, 6) is -3.37. The zero-order valence-electron chi connectivity index (χ0n) is 18.3. The molecule has 33 heavy (non-hydrogen) atoms. The summed E-state index contributed by atoms with van der Waals surface area (Å²) in [6.07, 6.45) is 0.621. The van der Waals surface area contributed by atoms with Crippen LogP contribution < -0.4 is 0 Å². The van der Waals surface area contributed by atoms with Gasteiger partial charge in [0.2, 0.25) is 5.78 Å². The Kier molecular flexibility index (Phi) is 6.54. The summed E-state index contributed by atoms with van der Waals surface area (Å²) in [5, 5.41) is 0. The first kappa shape index (κ1) is 23.9. The zero-order valence-corrected chi connectivity index (χ0v) is 19.1. The lowest BCUT2D eigenvalue weighted by molar-refractivity contribution is -0.156. The summed E-state index contributed by atoms with van der Waals surface area (Å²) in [6, 6.07) is 5.89. The number of benzene rings is 1. The van der Waals surface area contributed by atoms with E-state index in [1.54, 1.807) is 19.1 Å². The maximum absolute atomic E-state index is 13.4. The molecule has 0 amide bonds. The Labute approximate surface area is 189 Å². The number of allylic oxidation sites excluding steroid dienone is 2. The molecule has 0 bridgehead atoms. The van der Waals surface area contributed by atoms with Crippen LogP contribution >= 0.6 is 0 Å². The Morgan fingerprint density at radius 1 is 1.06 bits per heavy atom. The molecule has 0 aliphatic heterocycles. The number of ether oxygens (including phenoxy) is 3. The fraction of sp³-hybridized carbons (Fsp3) is 0.273. The van der Waals surface area contributed by atoms with Crippen molar-refractivity contribution in [2.45, 2.75) is 31.8 Å². The average molecular weight is 475 g/mol. The Hall–Kier alpha value is -3.73. The van der Waals surface area contributed by atoms with Crippen molar-refractivity contribution in [2.24, 2.45) is 0 Å². The normalized spacial score (nSPS) is 14.2. The minimum absolute atomic E-state index is 0.0955. The van der Waals surface area contributed by atoms with E-state index in [0.717, 1.165) is 31.7 Å². The van der Waals surface area contributed by atoms with E-state index in [1.807, 2.05) is 0 Å². The van der Waals surface area contributed by atoms with Crippen molar-refractivity contribution in [3.05, 3.63) is 64.7 Å². The molecule has 0 fully saturated rings. The minimum atomic E-state index is -4.35. The summed E-state index contributed by atoms with van der Waals surface area (Å²) < 4.78 is 42.6. The van der Waals surface area contributed by atoms with E-state index in [2.05, 4.69) is 0 Å². The second-order valence-electron chi connectivity index (χ2n) is 7.23. The molecule has 1 aliphatic rings. The van der Waals surface area contributed by atoms with E-state index >= 15 is 0 Å². The maximum Gasteiger partial charge on any atom is 0.303 e. The molecule has 1 aromatic carbocycles. The summed E-state index contributed by atoms with van der Waals surface area (Å²) in [7, 11) is -3.17. The molecule has 1 atom stereocenters. The molecule has 1 aromatic heterocycles. The molecule has 0 N–H and O–H groups in total. The zero-order chi connectivity index (χ0) is 24.5. The molecule has 2 aromatic rings. The lowest BCUT2D eigenvalue weighted by Crippen LogP contribution is -2.25. The van der Waals surface area contributed by atoms with Crippen LogP contribution in [0.3, 0.4) is 0 Å². The molecular weight excluding hydrogens is 454 g/mol. The highest BCUT2D eigenvalue weighted by atomic mass is 32.2. The highest BCUT2D eigenvalue weighted by molar-refractivity contribution is 7.90. The number of fused-ring (bicyclic) bond motifs is 1. The van der Waals surface area contributed by atoms with Gasteiger partial charge < -0.3 is 14.2 Å². The summed E-state index contributed by atoms with van der Waals surface area (Å²) in [6.45, 7) is 3.53. The molecule has 1 heterocycles. The minimum Gasteiger partial charge on any atom is -0.492 e. The largest absolute Gasteiger partial charge is 0.492 e. The van der Waals surface area contributed by atoms with Crippen molar-refractivity contribution in [3.63, 3.8) is 0 Å². The van der Waals surface area contributed by atoms with Crippen LogP contribution in [0.5, 0.6) is 0 Å². The number of hydrogen-bond donors (Lipinski definition) is 0. The van der Waals surface area contributed by atoms with Crippen molar-refractivity contribution in [2.75, 3.05) is 13.7 Å². The van der Waals surface area contributed by atoms with E-state index in [0.29, 0.717) is 3.97 Å². The van der Waals surface area contributed by atoms with Gasteiger partial charge in [0.15, 0.2) is 17.6 Å². The van der Waals surface area contributed by atoms with Crippen molar-refractivity contribution >= 4 is 33.5 Å². The van der Waals surface area contributed by atoms with Crippen LogP contribution in [-0.4, -0.2) is 49.6 Å². The molecule has 0 spiro atoms. The van der Waals surface area contributed by atoms with Gasteiger partial charge >= 0.3 is 11.9 Å². The number of aromatic nitrogens is 1. The van der Waals surface area contributed by atoms with Gasteiger partial charge in [0.1, 0.15) is 12.3 Å². The molecule has 10 nitrogen and oxygen atoms in total. The second kappa shape index (κ2) is 9.02. The van der Waals surface area contributed by atoms with Crippen LogP contribution in [0.2, 0.25) is 0 Å². The topological polar surface area (TPSA) is 135 Å². The van der Waals surface area contributed by atoms with Gasteiger partial charge in [-0.3, -0.25) is 19.2 Å². The average Bonchev–Trinajstić information content (AvgIpc) is 3.16. The Morgan fingerprint density at radius 3 is 2.24 bits per heavy atom. The second-order valence-corrected chi connectivity index (χ2v) is 9.04. The van der Waals surface area contributed by atoms with Gasteiger partial charge in [-0.25, -0.2) is 12.4 Å². The number of ketones is 2. The maximum atomic E-state index is 13.4. The third kappa shape index (κ3) is 4.58. The van der Waals surface area contributed by atoms with E-state index in [4.69, 9.17) is 14.2 Å². The van der Waals surface area contributed by atoms with Gasteiger partial charge in [-0.15, -0.1) is 0 Å². The number of hydrogen-bond acceptors (Lipinski definition) is 9. The van der Waals surface area contributed by atoms with Crippen LogP contribution in [0, 0.1) is 6.92 Å². The van der Waals surface area contributed by atoms with Crippen LogP contribution in [-0.2, 0) is 33.8 Å². The first-order chi connectivity index (χ1) is 15.5. The number of carbonyl (C=O) groups excluding carboxylic acids is 4. The number of methoxy groups -OCH3 is 1. The lowest BCUT2D eigenvalue weighted by atomic mass is 9.95. The van der Waals surface area contributed by atoms with Gasteiger partial charge in [0.05, 0.1) is 17.6 Å². The van der Waals surface area contributed by atoms with Crippen molar-refractivity contribution in [1.29, 1.82) is 0 Å². The van der Waals surface area contributed by atoms with Crippen LogP contribution in [0.15, 0.2) is 47.2 Å². The smallest absolute Gasteiger partial charge is 0.303 e. The number of nitrogens with zero attached hydrogens (tertiary/aromatic N) is 1. The molecular formula is C22H21NO9S. The first-order valence-corrected chi connectivity index (χ1v) is 11.1. The van der Waals surface area contributed by atoms with E-state index < -0.39 is 51.9 Å². The third-order valence-corrected chi connectivity index (χ3v) is 6.51.